The smallest absolute Gasteiger partial charge is 0.282 e. The van der Waals surface area contributed by atoms with Gasteiger partial charge in [0.25, 0.3) is 11.6 Å². The van der Waals surface area contributed by atoms with Crippen LogP contribution < -0.4 is 0 Å². The lowest BCUT2D eigenvalue weighted by atomic mass is 10.1. The Hall–Kier alpha value is -1.90. The largest absolute Gasteiger partial charge is 0.336 e. The summed E-state index contributed by atoms with van der Waals surface area (Å²) >= 11 is 3.20. The quantitative estimate of drug-likeness (QED) is 0.454. The molecule has 1 aromatic carbocycles. The highest BCUT2D eigenvalue weighted by Crippen LogP contribution is 2.26. The molecule has 2 aromatic rings. The first-order chi connectivity index (χ1) is 12.1. The third-order valence-electron chi connectivity index (χ3n) is 4.25. The monoisotopic (exact) mass is 377 g/mol. The first kappa shape index (κ1) is 17.9. The summed E-state index contributed by atoms with van der Waals surface area (Å²) in [5, 5.41) is 13.3. The van der Waals surface area contributed by atoms with E-state index in [-0.39, 0.29) is 17.2 Å². The zero-order valence-corrected chi connectivity index (χ0v) is 15.5. The molecular weight excluding hydrogens is 358 g/mol. The van der Waals surface area contributed by atoms with Crippen LogP contribution >= 0.6 is 23.1 Å². The SMILES string of the molecule is CSc1ccc([N+](=O)[O-])c(C(=O)N2CCN(Cc3cccs3)CC2)c1. The molecule has 0 radical (unpaired) electrons. The van der Waals surface area contributed by atoms with E-state index in [0.717, 1.165) is 24.5 Å². The molecule has 0 atom stereocenters. The van der Waals surface area contributed by atoms with Crippen molar-refractivity contribution >= 4 is 34.7 Å². The molecule has 0 aliphatic carbocycles. The number of carbonyl (C=O) groups excluding carboxylic acids is 1. The van der Waals surface area contributed by atoms with Crippen LogP contribution in [0.3, 0.4) is 0 Å². The van der Waals surface area contributed by atoms with Gasteiger partial charge in [-0.2, -0.15) is 0 Å². The van der Waals surface area contributed by atoms with Gasteiger partial charge in [-0.3, -0.25) is 19.8 Å². The van der Waals surface area contributed by atoms with Gasteiger partial charge in [0.2, 0.25) is 0 Å². The Morgan fingerprint density at radius 3 is 2.64 bits per heavy atom. The maximum atomic E-state index is 12.8. The molecule has 0 unspecified atom stereocenters. The minimum atomic E-state index is -0.482. The Labute approximate surface area is 154 Å². The Bertz CT molecular complexity index is 757. The Morgan fingerprint density at radius 1 is 1.28 bits per heavy atom. The first-order valence-electron chi connectivity index (χ1n) is 7.95. The summed E-state index contributed by atoms with van der Waals surface area (Å²) in [6, 6.07) is 8.88. The lowest BCUT2D eigenvalue weighted by Crippen LogP contribution is -2.48. The Morgan fingerprint density at radius 2 is 2.04 bits per heavy atom. The highest BCUT2D eigenvalue weighted by atomic mass is 32.2. The summed E-state index contributed by atoms with van der Waals surface area (Å²) in [6.45, 7) is 3.62. The zero-order valence-electron chi connectivity index (χ0n) is 13.9. The summed E-state index contributed by atoms with van der Waals surface area (Å²) in [6.07, 6.45) is 1.89. The second kappa shape index (κ2) is 7.99. The van der Waals surface area contributed by atoms with E-state index in [9.17, 15) is 14.9 Å². The molecule has 1 aliphatic heterocycles. The van der Waals surface area contributed by atoms with Crippen LogP contribution in [0.2, 0.25) is 0 Å². The number of hydrogen-bond donors (Lipinski definition) is 0. The number of carbonyl (C=O) groups is 1. The van der Waals surface area contributed by atoms with Gasteiger partial charge in [-0.15, -0.1) is 23.1 Å². The van der Waals surface area contributed by atoms with Crippen molar-refractivity contribution in [3.63, 3.8) is 0 Å². The van der Waals surface area contributed by atoms with E-state index in [1.165, 1.54) is 22.7 Å². The molecule has 2 heterocycles. The molecule has 1 saturated heterocycles. The highest BCUT2D eigenvalue weighted by Gasteiger charge is 2.27. The topological polar surface area (TPSA) is 66.7 Å². The van der Waals surface area contributed by atoms with Gasteiger partial charge in [-0.05, 0) is 29.8 Å². The fraction of sp³-hybridized carbons (Fsp3) is 0.353. The summed E-state index contributed by atoms with van der Waals surface area (Å²) in [7, 11) is 0. The van der Waals surface area contributed by atoms with E-state index in [4.69, 9.17) is 0 Å². The third-order valence-corrected chi connectivity index (χ3v) is 5.84. The molecule has 0 saturated carbocycles. The van der Waals surface area contributed by atoms with Gasteiger partial charge in [0, 0.05) is 48.6 Å². The summed E-state index contributed by atoms with van der Waals surface area (Å²) in [4.78, 5) is 29.8. The average molecular weight is 377 g/mol. The molecule has 1 amide bonds. The van der Waals surface area contributed by atoms with Crippen molar-refractivity contribution in [1.82, 2.24) is 9.80 Å². The molecule has 1 fully saturated rings. The van der Waals surface area contributed by atoms with Gasteiger partial charge in [0.15, 0.2) is 0 Å². The normalized spacial score (nSPS) is 15.3. The summed E-state index contributed by atoms with van der Waals surface area (Å²) in [5.41, 5.74) is 0.0624. The van der Waals surface area contributed by atoms with Crippen LogP contribution in [0.25, 0.3) is 0 Å². The number of nitro benzene ring substituents is 1. The van der Waals surface area contributed by atoms with Crippen molar-refractivity contribution < 1.29 is 9.72 Å². The van der Waals surface area contributed by atoms with Crippen molar-refractivity contribution in [1.29, 1.82) is 0 Å². The number of thiophene rings is 1. The van der Waals surface area contributed by atoms with Gasteiger partial charge in [-0.1, -0.05) is 6.07 Å². The van der Waals surface area contributed by atoms with Gasteiger partial charge in [-0.25, -0.2) is 0 Å². The maximum Gasteiger partial charge on any atom is 0.282 e. The molecular formula is C17H19N3O3S2. The molecule has 0 N–H and O–H groups in total. The van der Waals surface area contributed by atoms with Gasteiger partial charge in [0.1, 0.15) is 5.56 Å². The number of benzene rings is 1. The number of nitro groups is 1. The number of rotatable bonds is 5. The molecule has 0 spiro atoms. The fourth-order valence-corrected chi connectivity index (χ4v) is 4.06. The minimum Gasteiger partial charge on any atom is -0.336 e. The van der Waals surface area contributed by atoms with Crippen LogP contribution in [0.4, 0.5) is 5.69 Å². The van der Waals surface area contributed by atoms with E-state index in [1.54, 1.807) is 28.4 Å². The standard InChI is InChI=1S/C17H19N3O3S2/c1-24-13-4-5-16(20(22)23)15(11-13)17(21)19-8-6-18(7-9-19)12-14-3-2-10-25-14/h2-5,10-11H,6-9,12H2,1H3. The number of hydrogen-bond acceptors (Lipinski definition) is 6. The van der Waals surface area contributed by atoms with Crippen molar-refractivity contribution in [2.24, 2.45) is 0 Å². The van der Waals surface area contributed by atoms with Crippen LogP contribution in [0.15, 0.2) is 40.6 Å². The number of piperazine rings is 1. The molecule has 1 aliphatic rings. The Kier molecular flexibility index (Phi) is 5.72. The van der Waals surface area contributed by atoms with E-state index in [1.807, 2.05) is 12.3 Å². The van der Waals surface area contributed by atoms with E-state index in [0.29, 0.717) is 13.1 Å². The molecule has 8 heteroatoms. The van der Waals surface area contributed by atoms with E-state index < -0.39 is 4.92 Å². The lowest BCUT2D eigenvalue weighted by Gasteiger charge is -2.34. The van der Waals surface area contributed by atoms with Crippen LogP contribution in [0.5, 0.6) is 0 Å². The molecule has 0 bridgehead atoms. The first-order valence-corrected chi connectivity index (χ1v) is 10.1. The minimum absolute atomic E-state index is 0.121. The highest BCUT2D eigenvalue weighted by molar-refractivity contribution is 7.98. The number of thioether (sulfide) groups is 1. The van der Waals surface area contributed by atoms with E-state index in [2.05, 4.69) is 16.3 Å². The Balaban J connectivity index is 1.69. The zero-order chi connectivity index (χ0) is 17.8. The molecule has 6 nitrogen and oxygen atoms in total. The molecule has 25 heavy (non-hydrogen) atoms. The van der Waals surface area contributed by atoms with Crippen LogP contribution in [-0.2, 0) is 6.54 Å². The summed E-state index contributed by atoms with van der Waals surface area (Å²) < 4.78 is 0. The van der Waals surface area contributed by atoms with Crippen LogP contribution in [-0.4, -0.2) is 53.1 Å². The predicted molar refractivity (Wildman–Crippen MR) is 100 cm³/mol. The summed E-state index contributed by atoms with van der Waals surface area (Å²) in [5.74, 6) is -0.252. The molecule has 1 aromatic heterocycles. The van der Waals surface area contributed by atoms with Crippen LogP contribution in [0.1, 0.15) is 15.2 Å². The second-order valence-electron chi connectivity index (χ2n) is 5.79. The fourth-order valence-electron chi connectivity index (χ4n) is 2.87. The molecule has 132 valence electrons. The predicted octanol–water partition coefficient (Wildman–Crippen LogP) is 3.34. The van der Waals surface area contributed by atoms with Crippen molar-refractivity contribution in [3.05, 3.63) is 56.3 Å². The average Bonchev–Trinajstić information content (AvgIpc) is 3.14. The lowest BCUT2D eigenvalue weighted by molar-refractivity contribution is -0.385. The van der Waals surface area contributed by atoms with Crippen molar-refractivity contribution in [3.8, 4) is 0 Å². The third kappa shape index (κ3) is 4.20. The maximum absolute atomic E-state index is 12.8. The van der Waals surface area contributed by atoms with Gasteiger partial charge >= 0.3 is 0 Å². The van der Waals surface area contributed by atoms with E-state index >= 15 is 0 Å². The van der Waals surface area contributed by atoms with Gasteiger partial charge in [0.05, 0.1) is 4.92 Å². The van der Waals surface area contributed by atoms with Crippen LogP contribution in [0, 0.1) is 10.1 Å². The second-order valence-corrected chi connectivity index (χ2v) is 7.70. The van der Waals surface area contributed by atoms with Crippen molar-refractivity contribution in [2.45, 2.75) is 11.4 Å². The van der Waals surface area contributed by atoms with Crippen molar-refractivity contribution in [2.75, 3.05) is 32.4 Å². The number of amides is 1. The number of nitrogens with zero attached hydrogens (tertiary/aromatic N) is 3. The van der Waals surface area contributed by atoms with Gasteiger partial charge < -0.3 is 4.90 Å². The molecule has 3 rings (SSSR count).